The van der Waals surface area contributed by atoms with Crippen LogP contribution < -0.4 is 20.5 Å². The minimum Gasteiger partial charge on any atom is -0.497 e. The van der Waals surface area contributed by atoms with Gasteiger partial charge in [-0.2, -0.15) is 4.98 Å². The first-order valence-electron chi connectivity index (χ1n) is 9.95. The van der Waals surface area contributed by atoms with Crippen LogP contribution in [-0.2, 0) is 24.2 Å². The molecule has 2 aromatic rings. The maximum Gasteiger partial charge on any atom is 0.348 e. The van der Waals surface area contributed by atoms with Crippen molar-refractivity contribution in [1.82, 2.24) is 9.55 Å². The molecule has 1 aliphatic rings. The van der Waals surface area contributed by atoms with Crippen LogP contribution in [0.25, 0.3) is 0 Å². The number of carbonyl (C=O) groups is 1. The maximum absolute atomic E-state index is 12.5. The van der Waals surface area contributed by atoms with E-state index in [0.717, 1.165) is 36.9 Å². The lowest BCUT2D eigenvalue weighted by molar-refractivity contribution is -0.113. The van der Waals surface area contributed by atoms with Gasteiger partial charge in [0.05, 0.1) is 20.0 Å². The van der Waals surface area contributed by atoms with Crippen molar-refractivity contribution in [3.63, 3.8) is 0 Å². The number of hydrogen-bond acceptors (Lipinski definition) is 7. The molecule has 2 N–H and O–H groups in total. The molecule has 1 aliphatic carbocycles. The zero-order chi connectivity index (χ0) is 21.5. The highest BCUT2D eigenvalue weighted by atomic mass is 32.2. The highest BCUT2D eigenvalue weighted by Gasteiger charge is 2.21. The lowest BCUT2D eigenvalue weighted by Gasteiger charge is -2.22. The molecule has 30 heavy (non-hydrogen) atoms. The van der Waals surface area contributed by atoms with E-state index >= 15 is 0 Å². The van der Waals surface area contributed by atoms with Crippen LogP contribution in [-0.4, -0.2) is 47.1 Å². The Morgan fingerprint density at radius 1 is 1.20 bits per heavy atom. The number of methoxy groups -OCH3 is 2. The van der Waals surface area contributed by atoms with Crippen molar-refractivity contribution < 1.29 is 19.4 Å². The Labute approximate surface area is 179 Å². The third kappa shape index (κ3) is 5.34. The van der Waals surface area contributed by atoms with E-state index in [0.29, 0.717) is 35.2 Å². The molecule has 9 heteroatoms. The van der Waals surface area contributed by atoms with E-state index in [9.17, 15) is 9.59 Å². The van der Waals surface area contributed by atoms with E-state index in [1.54, 1.807) is 37.0 Å². The third-order valence-electron chi connectivity index (χ3n) is 4.97. The molecule has 1 aromatic heterocycles. The molecule has 0 atom stereocenters. The Morgan fingerprint density at radius 2 is 1.90 bits per heavy atom. The highest BCUT2D eigenvalue weighted by Crippen LogP contribution is 2.29. The fourth-order valence-electron chi connectivity index (χ4n) is 3.54. The first-order valence-corrected chi connectivity index (χ1v) is 10.9. The summed E-state index contributed by atoms with van der Waals surface area (Å²) in [4.78, 5) is 29.3. The summed E-state index contributed by atoms with van der Waals surface area (Å²) in [5, 5.41) is 12.6. The van der Waals surface area contributed by atoms with Crippen LogP contribution in [0, 0.1) is 0 Å². The van der Waals surface area contributed by atoms with E-state index in [4.69, 9.17) is 14.6 Å². The number of nitrogens with one attached hydrogen (secondary N) is 1. The Balaban J connectivity index is 1.73. The van der Waals surface area contributed by atoms with Gasteiger partial charge in [-0.3, -0.25) is 9.36 Å². The SMILES string of the molecule is COc1cc(NC(=O)CSc2nc(=O)n(CCCO)c3c2CCCC3)cc(OC)c1. The van der Waals surface area contributed by atoms with Gasteiger partial charge in [-0.1, -0.05) is 11.8 Å². The lowest BCUT2D eigenvalue weighted by Crippen LogP contribution is -2.30. The first kappa shape index (κ1) is 22.2. The molecule has 0 unspecified atom stereocenters. The molecule has 3 rings (SSSR count). The van der Waals surface area contributed by atoms with E-state index in [1.807, 2.05) is 0 Å². The smallest absolute Gasteiger partial charge is 0.348 e. The summed E-state index contributed by atoms with van der Waals surface area (Å²) in [5.74, 6) is 1.10. The maximum atomic E-state index is 12.5. The third-order valence-corrected chi connectivity index (χ3v) is 5.98. The monoisotopic (exact) mass is 433 g/mol. The van der Waals surface area contributed by atoms with E-state index in [1.165, 1.54) is 11.8 Å². The number of aromatic nitrogens is 2. The summed E-state index contributed by atoms with van der Waals surface area (Å²) in [5.41, 5.74) is 2.31. The Hall–Kier alpha value is -2.52. The summed E-state index contributed by atoms with van der Waals surface area (Å²) in [6.45, 7) is 0.501. The van der Waals surface area contributed by atoms with Crippen LogP contribution >= 0.6 is 11.8 Å². The first-order chi connectivity index (χ1) is 14.5. The van der Waals surface area contributed by atoms with Crippen molar-refractivity contribution in [2.75, 3.05) is 31.9 Å². The van der Waals surface area contributed by atoms with Crippen LogP contribution in [0.3, 0.4) is 0 Å². The van der Waals surface area contributed by atoms with Crippen molar-refractivity contribution in [1.29, 1.82) is 0 Å². The molecule has 0 radical (unpaired) electrons. The fourth-order valence-corrected chi connectivity index (χ4v) is 4.41. The van der Waals surface area contributed by atoms with Gasteiger partial charge in [0, 0.05) is 48.3 Å². The van der Waals surface area contributed by atoms with Crippen LogP contribution in [0.5, 0.6) is 11.5 Å². The van der Waals surface area contributed by atoms with Gasteiger partial charge in [0.1, 0.15) is 16.5 Å². The van der Waals surface area contributed by atoms with Crippen molar-refractivity contribution in [3.8, 4) is 11.5 Å². The van der Waals surface area contributed by atoms with Gasteiger partial charge < -0.3 is 19.9 Å². The molecular formula is C21H27N3O5S. The number of aliphatic hydroxyl groups excluding tert-OH is 1. The van der Waals surface area contributed by atoms with Gasteiger partial charge in [-0.05, 0) is 32.1 Å². The number of benzene rings is 1. The molecule has 0 spiro atoms. The quantitative estimate of drug-likeness (QED) is 0.462. The molecule has 1 heterocycles. The molecule has 0 saturated carbocycles. The topological polar surface area (TPSA) is 103 Å². The molecule has 1 aromatic carbocycles. The van der Waals surface area contributed by atoms with Gasteiger partial charge in [-0.25, -0.2) is 4.79 Å². The minimum atomic E-state index is -0.315. The molecule has 162 valence electrons. The number of nitrogens with zero attached hydrogens (tertiary/aromatic N) is 2. The van der Waals surface area contributed by atoms with Gasteiger partial charge >= 0.3 is 5.69 Å². The van der Waals surface area contributed by atoms with Crippen LogP contribution in [0.15, 0.2) is 28.0 Å². The molecule has 0 saturated heterocycles. The number of carbonyl (C=O) groups excluding carboxylic acids is 1. The zero-order valence-corrected chi connectivity index (χ0v) is 18.1. The summed E-state index contributed by atoms with van der Waals surface area (Å²) in [6, 6.07) is 5.16. The van der Waals surface area contributed by atoms with Crippen molar-refractivity contribution in [2.24, 2.45) is 0 Å². The summed E-state index contributed by atoms with van der Waals surface area (Å²) < 4.78 is 12.1. The van der Waals surface area contributed by atoms with Crippen molar-refractivity contribution in [2.45, 2.75) is 43.7 Å². The largest absolute Gasteiger partial charge is 0.497 e. The second-order valence-corrected chi connectivity index (χ2v) is 7.96. The second kappa shape index (κ2) is 10.5. The predicted octanol–water partition coefficient (Wildman–Crippen LogP) is 2.25. The summed E-state index contributed by atoms with van der Waals surface area (Å²) in [6.07, 6.45) is 4.25. The summed E-state index contributed by atoms with van der Waals surface area (Å²) >= 11 is 1.28. The average Bonchev–Trinajstić information content (AvgIpc) is 2.76. The van der Waals surface area contributed by atoms with Gasteiger partial charge in [-0.15, -0.1) is 0 Å². The van der Waals surface area contributed by atoms with Crippen molar-refractivity contribution in [3.05, 3.63) is 39.9 Å². The molecular weight excluding hydrogens is 406 g/mol. The molecule has 1 amide bonds. The van der Waals surface area contributed by atoms with Crippen LogP contribution in [0.4, 0.5) is 5.69 Å². The summed E-state index contributed by atoms with van der Waals surface area (Å²) in [7, 11) is 3.10. The van der Waals surface area contributed by atoms with Gasteiger partial charge in [0.15, 0.2) is 0 Å². The number of amides is 1. The number of rotatable bonds is 9. The molecule has 8 nitrogen and oxygen atoms in total. The van der Waals surface area contributed by atoms with Crippen molar-refractivity contribution >= 4 is 23.4 Å². The minimum absolute atomic E-state index is 0.0347. The predicted molar refractivity (Wildman–Crippen MR) is 116 cm³/mol. The Morgan fingerprint density at radius 3 is 2.57 bits per heavy atom. The number of aliphatic hydroxyl groups is 1. The molecule has 0 fully saturated rings. The number of anilines is 1. The highest BCUT2D eigenvalue weighted by molar-refractivity contribution is 8.00. The number of ether oxygens (including phenoxy) is 2. The fraction of sp³-hybridized carbons (Fsp3) is 0.476. The number of thioether (sulfide) groups is 1. The van der Waals surface area contributed by atoms with E-state index in [-0.39, 0.29) is 24.0 Å². The number of fused-ring (bicyclic) bond motifs is 1. The normalized spacial score (nSPS) is 12.9. The Bertz CT molecular complexity index is 938. The van der Waals surface area contributed by atoms with Gasteiger partial charge in [0.25, 0.3) is 0 Å². The van der Waals surface area contributed by atoms with E-state index < -0.39 is 0 Å². The van der Waals surface area contributed by atoms with Crippen LogP contribution in [0.1, 0.15) is 30.5 Å². The van der Waals surface area contributed by atoms with Crippen LogP contribution in [0.2, 0.25) is 0 Å². The standard InChI is InChI=1S/C21H27N3O5S/c1-28-15-10-14(11-16(12-15)29-2)22-19(26)13-30-20-17-6-3-4-7-18(17)24(8-5-9-25)21(27)23-20/h10-12,25H,3-9,13H2,1-2H3,(H,22,26). The zero-order valence-electron chi connectivity index (χ0n) is 17.3. The lowest BCUT2D eigenvalue weighted by atomic mass is 9.97. The number of hydrogen-bond donors (Lipinski definition) is 2. The average molecular weight is 434 g/mol. The second-order valence-electron chi connectivity index (χ2n) is 7.00. The Kier molecular flexibility index (Phi) is 7.75. The van der Waals surface area contributed by atoms with Gasteiger partial charge in [0.2, 0.25) is 5.91 Å². The van der Waals surface area contributed by atoms with E-state index in [2.05, 4.69) is 10.3 Å². The molecule has 0 aliphatic heterocycles. The molecule has 0 bridgehead atoms.